The van der Waals surface area contributed by atoms with Crippen molar-refractivity contribution in [2.75, 3.05) is 7.11 Å². The highest BCUT2D eigenvalue weighted by Gasteiger charge is 2.54. The van der Waals surface area contributed by atoms with Crippen molar-refractivity contribution < 1.29 is 9.53 Å². The van der Waals surface area contributed by atoms with Crippen LogP contribution in [0.25, 0.3) is 10.8 Å². The van der Waals surface area contributed by atoms with Crippen LogP contribution in [-0.2, 0) is 0 Å². The van der Waals surface area contributed by atoms with Crippen molar-refractivity contribution in [1.82, 2.24) is 0 Å². The summed E-state index contributed by atoms with van der Waals surface area (Å²) in [6.45, 7) is 0. The lowest BCUT2D eigenvalue weighted by molar-refractivity contribution is 0.0956. The second-order valence-corrected chi connectivity index (χ2v) is 6.43. The molecular weight excluding hydrogens is 260 g/mol. The van der Waals surface area contributed by atoms with Gasteiger partial charge in [-0.2, -0.15) is 0 Å². The van der Waals surface area contributed by atoms with Crippen molar-refractivity contribution in [2.45, 2.75) is 25.7 Å². The third-order valence-electron chi connectivity index (χ3n) is 5.29. The average Bonchev–Trinajstić information content (AvgIpc) is 3.27. The number of ketones is 1. The minimum absolute atomic E-state index is 0.309. The van der Waals surface area contributed by atoms with Crippen molar-refractivity contribution in [1.29, 1.82) is 0 Å². The first-order chi connectivity index (χ1) is 10.3. The molecule has 0 spiro atoms. The predicted octanol–water partition coefficient (Wildman–Crippen LogP) is 4.47. The molecule has 2 saturated carbocycles. The van der Waals surface area contributed by atoms with Crippen LogP contribution in [0, 0.1) is 17.8 Å². The molecule has 4 rings (SSSR count). The van der Waals surface area contributed by atoms with Gasteiger partial charge in [0, 0.05) is 11.5 Å². The maximum absolute atomic E-state index is 12.7. The zero-order chi connectivity index (χ0) is 14.4. The number of carbonyl (C=O) groups is 1. The minimum atomic E-state index is 0.309. The van der Waals surface area contributed by atoms with E-state index in [0.29, 0.717) is 23.5 Å². The number of rotatable bonds is 3. The smallest absolute Gasteiger partial charge is 0.166 e. The summed E-state index contributed by atoms with van der Waals surface area (Å²) < 4.78 is 5.25. The van der Waals surface area contributed by atoms with E-state index in [2.05, 4.69) is 0 Å². The zero-order valence-corrected chi connectivity index (χ0v) is 12.3. The molecule has 2 aromatic carbocycles. The third-order valence-corrected chi connectivity index (χ3v) is 5.29. The number of Topliss-reactive ketones (excluding diaryl/α,β-unsaturated/α-hetero) is 1. The van der Waals surface area contributed by atoms with Gasteiger partial charge in [-0.15, -0.1) is 0 Å². The number of methoxy groups -OCH3 is 1. The van der Waals surface area contributed by atoms with Gasteiger partial charge in [0.2, 0.25) is 0 Å². The van der Waals surface area contributed by atoms with Gasteiger partial charge in [-0.25, -0.2) is 0 Å². The van der Waals surface area contributed by atoms with Crippen molar-refractivity contribution >= 4 is 16.6 Å². The standard InChI is InChI=1S/C19H20O2/c1-21-15-9-8-12-10-14(7-6-13(12)11-15)19(20)18-16-4-2-3-5-17(16)18/h6-11,16-18H,2-5H2,1H3. The van der Waals surface area contributed by atoms with Gasteiger partial charge in [0.1, 0.15) is 5.75 Å². The lowest BCUT2D eigenvalue weighted by Crippen LogP contribution is -2.04. The molecule has 2 atom stereocenters. The molecule has 0 saturated heterocycles. The Labute approximate surface area is 125 Å². The molecule has 0 radical (unpaired) electrons. The predicted molar refractivity (Wildman–Crippen MR) is 83.8 cm³/mol. The molecule has 0 amide bonds. The van der Waals surface area contributed by atoms with E-state index in [1.165, 1.54) is 25.7 Å². The molecule has 0 bridgehead atoms. The summed E-state index contributed by atoms with van der Waals surface area (Å²) in [6.07, 6.45) is 5.13. The number of fused-ring (bicyclic) bond motifs is 2. The van der Waals surface area contributed by atoms with Gasteiger partial charge >= 0.3 is 0 Å². The third kappa shape index (κ3) is 2.14. The van der Waals surface area contributed by atoms with Crippen molar-refractivity contribution in [3.63, 3.8) is 0 Å². The van der Waals surface area contributed by atoms with Gasteiger partial charge in [0.25, 0.3) is 0 Å². The monoisotopic (exact) mass is 280 g/mol. The minimum Gasteiger partial charge on any atom is -0.497 e. The Morgan fingerprint density at radius 3 is 2.38 bits per heavy atom. The van der Waals surface area contributed by atoms with E-state index >= 15 is 0 Å². The average molecular weight is 280 g/mol. The number of carbonyl (C=O) groups excluding carboxylic acids is 1. The molecular formula is C19H20O2. The van der Waals surface area contributed by atoms with Crippen LogP contribution < -0.4 is 4.74 Å². The largest absolute Gasteiger partial charge is 0.497 e. The highest BCUT2D eigenvalue weighted by Crippen LogP contribution is 2.56. The van der Waals surface area contributed by atoms with Crippen LogP contribution in [-0.4, -0.2) is 12.9 Å². The van der Waals surface area contributed by atoms with Gasteiger partial charge in [0.05, 0.1) is 7.11 Å². The first kappa shape index (κ1) is 12.9. The quantitative estimate of drug-likeness (QED) is 0.775. The lowest BCUT2D eigenvalue weighted by Gasteiger charge is -2.05. The Kier molecular flexibility index (Phi) is 2.99. The van der Waals surface area contributed by atoms with Gasteiger partial charge in [0.15, 0.2) is 5.78 Å². The Morgan fingerprint density at radius 1 is 1.00 bits per heavy atom. The zero-order valence-electron chi connectivity index (χ0n) is 12.3. The van der Waals surface area contributed by atoms with Crippen molar-refractivity contribution in [2.24, 2.45) is 17.8 Å². The van der Waals surface area contributed by atoms with E-state index in [4.69, 9.17) is 4.74 Å². The first-order valence-corrected chi connectivity index (χ1v) is 7.90. The van der Waals surface area contributed by atoms with Gasteiger partial charge < -0.3 is 4.74 Å². The van der Waals surface area contributed by atoms with E-state index in [-0.39, 0.29) is 0 Å². The summed E-state index contributed by atoms with van der Waals surface area (Å²) in [4.78, 5) is 12.7. The SMILES string of the molecule is COc1ccc2cc(C(=O)C3C4CCCCC43)ccc2c1. The maximum atomic E-state index is 12.7. The summed E-state index contributed by atoms with van der Waals surface area (Å²) >= 11 is 0. The fourth-order valence-electron chi connectivity index (χ4n) is 4.08. The Morgan fingerprint density at radius 2 is 1.67 bits per heavy atom. The van der Waals surface area contributed by atoms with Gasteiger partial charge in [-0.3, -0.25) is 4.79 Å². The molecule has 0 heterocycles. The second kappa shape index (κ2) is 4.87. The highest BCUT2D eigenvalue weighted by atomic mass is 16.5. The van der Waals surface area contributed by atoms with Crippen LogP contribution in [0.4, 0.5) is 0 Å². The van der Waals surface area contributed by atoms with Crippen molar-refractivity contribution in [3.8, 4) is 5.75 Å². The molecule has 2 fully saturated rings. The normalized spacial score (nSPS) is 27.2. The maximum Gasteiger partial charge on any atom is 0.166 e. The summed E-state index contributed by atoms with van der Waals surface area (Å²) in [6, 6.07) is 12.1. The summed E-state index contributed by atoms with van der Waals surface area (Å²) in [5.74, 6) is 2.89. The number of ether oxygens (including phenoxy) is 1. The summed E-state index contributed by atoms with van der Waals surface area (Å²) in [5, 5.41) is 2.24. The number of hydrogen-bond donors (Lipinski definition) is 0. The summed E-state index contributed by atoms with van der Waals surface area (Å²) in [7, 11) is 1.67. The van der Waals surface area contributed by atoms with Crippen LogP contribution in [0.2, 0.25) is 0 Å². The van der Waals surface area contributed by atoms with Crippen molar-refractivity contribution in [3.05, 3.63) is 42.0 Å². The molecule has 0 aliphatic heterocycles. The fourth-order valence-corrected chi connectivity index (χ4v) is 4.08. The molecule has 108 valence electrons. The lowest BCUT2D eigenvalue weighted by atomic mass is 10.0. The number of hydrogen-bond acceptors (Lipinski definition) is 2. The van der Waals surface area contributed by atoms with E-state index < -0.39 is 0 Å². The van der Waals surface area contributed by atoms with Crippen LogP contribution >= 0.6 is 0 Å². The summed E-state index contributed by atoms with van der Waals surface area (Å²) in [5.41, 5.74) is 0.882. The van der Waals surface area contributed by atoms with Crippen LogP contribution in [0.1, 0.15) is 36.0 Å². The molecule has 2 heteroatoms. The van der Waals surface area contributed by atoms with Gasteiger partial charge in [-0.1, -0.05) is 31.0 Å². The fraction of sp³-hybridized carbons (Fsp3) is 0.421. The number of benzene rings is 2. The molecule has 2 aliphatic rings. The van der Waals surface area contributed by atoms with Crippen LogP contribution in [0.5, 0.6) is 5.75 Å². The molecule has 0 aromatic heterocycles. The molecule has 2 aromatic rings. The molecule has 2 aliphatic carbocycles. The Bertz CT molecular complexity index is 692. The Hall–Kier alpha value is -1.83. The molecule has 2 unspecified atom stereocenters. The molecule has 21 heavy (non-hydrogen) atoms. The molecule has 0 N–H and O–H groups in total. The first-order valence-electron chi connectivity index (χ1n) is 7.90. The Balaban J connectivity index is 1.63. The van der Waals surface area contributed by atoms with Crippen LogP contribution in [0.3, 0.4) is 0 Å². The van der Waals surface area contributed by atoms with E-state index in [1.54, 1.807) is 7.11 Å². The highest BCUT2D eigenvalue weighted by molar-refractivity contribution is 6.03. The van der Waals surface area contributed by atoms with E-state index in [1.807, 2.05) is 36.4 Å². The van der Waals surface area contributed by atoms with Gasteiger partial charge in [-0.05, 0) is 53.6 Å². The van der Waals surface area contributed by atoms with E-state index in [9.17, 15) is 4.79 Å². The topological polar surface area (TPSA) is 26.3 Å². The van der Waals surface area contributed by atoms with Crippen LogP contribution in [0.15, 0.2) is 36.4 Å². The van der Waals surface area contributed by atoms with E-state index in [0.717, 1.165) is 22.1 Å². The second-order valence-electron chi connectivity index (χ2n) is 6.43. The molecule has 2 nitrogen and oxygen atoms in total.